The van der Waals surface area contributed by atoms with E-state index >= 15 is 0 Å². The summed E-state index contributed by atoms with van der Waals surface area (Å²) in [6, 6.07) is 10.2. The number of pyridine rings is 1. The number of rotatable bonds is 5. The molecule has 32 heavy (non-hydrogen) atoms. The van der Waals surface area contributed by atoms with Crippen molar-refractivity contribution in [3.63, 3.8) is 0 Å². The molecule has 0 bridgehead atoms. The number of likely N-dealkylation sites (N-methyl/N-ethyl adjacent to an activating group) is 1. The molecular formula is C24H26N8. The Morgan fingerprint density at radius 2 is 1.81 bits per heavy atom. The monoisotopic (exact) mass is 426 g/mol. The van der Waals surface area contributed by atoms with E-state index in [1.165, 1.54) is 0 Å². The third kappa shape index (κ3) is 4.17. The largest absolute Gasteiger partial charge is 0.354 e. The van der Waals surface area contributed by atoms with Gasteiger partial charge in [0.1, 0.15) is 5.82 Å². The first-order chi connectivity index (χ1) is 15.5. The molecule has 4 heterocycles. The van der Waals surface area contributed by atoms with E-state index in [1.807, 2.05) is 44.0 Å². The number of nitrogens with one attached hydrogen (secondary N) is 1. The Balaban J connectivity index is 1.36. The number of fused-ring (bicyclic) bond motifs is 1. The molecule has 1 fully saturated rings. The Morgan fingerprint density at radius 1 is 0.969 bits per heavy atom. The van der Waals surface area contributed by atoms with Gasteiger partial charge in [-0.1, -0.05) is 18.7 Å². The predicted molar refractivity (Wildman–Crippen MR) is 128 cm³/mol. The van der Waals surface area contributed by atoms with Gasteiger partial charge in [0.15, 0.2) is 0 Å². The molecule has 0 aliphatic carbocycles. The van der Waals surface area contributed by atoms with Crippen LogP contribution in [0.3, 0.4) is 0 Å². The molecule has 0 amide bonds. The zero-order valence-corrected chi connectivity index (χ0v) is 18.4. The van der Waals surface area contributed by atoms with Gasteiger partial charge >= 0.3 is 0 Å². The molecule has 1 saturated heterocycles. The molecule has 1 N–H and O–H groups in total. The van der Waals surface area contributed by atoms with Gasteiger partial charge in [-0.3, -0.25) is 4.68 Å². The number of nitrogens with zero attached hydrogens (tertiary/aromatic N) is 7. The number of anilines is 2. The van der Waals surface area contributed by atoms with E-state index in [9.17, 15) is 0 Å². The summed E-state index contributed by atoms with van der Waals surface area (Å²) in [7, 11) is 4.06. The maximum absolute atomic E-state index is 4.71. The minimum Gasteiger partial charge on any atom is -0.354 e. The molecule has 0 spiro atoms. The van der Waals surface area contributed by atoms with Gasteiger partial charge < -0.3 is 15.1 Å². The van der Waals surface area contributed by atoms with Crippen LogP contribution in [0.25, 0.3) is 27.7 Å². The second-order valence-electron chi connectivity index (χ2n) is 8.17. The van der Waals surface area contributed by atoms with Crippen LogP contribution < -0.4 is 10.2 Å². The average molecular weight is 427 g/mol. The molecule has 1 aliphatic heterocycles. The van der Waals surface area contributed by atoms with Crippen molar-refractivity contribution in [3.8, 4) is 11.1 Å². The number of hydrogen-bond acceptors (Lipinski definition) is 7. The molecule has 5 rings (SSSR count). The van der Waals surface area contributed by atoms with Gasteiger partial charge in [-0.2, -0.15) is 5.10 Å². The van der Waals surface area contributed by atoms with Crippen LogP contribution in [0.15, 0.2) is 61.7 Å². The summed E-state index contributed by atoms with van der Waals surface area (Å²) in [6.45, 7) is 8.23. The van der Waals surface area contributed by atoms with Crippen LogP contribution in [0, 0.1) is 0 Å². The van der Waals surface area contributed by atoms with E-state index in [-0.39, 0.29) is 0 Å². The number of piperazine rings is 1. The summed E-state index contributed by atoms with van der Waals surface area (Å²) in [4.78, 5) is 18.4. The minimum absolute atomic E-state index is 0.517. The van der Waals surface area contributed by atoms with Crippen LogP contribution >= 0.6 is 0 Å². The molecule has 0 radical (unpaired) electrons. The lowest BCUT2D eigenvalue weighted by atomic mass is 10.1. The Kier molecular flexibility index (Phi) is 5.28. The highest BCUT2D eigenvalue weighted by atomic mass is 15.3. The fraction of sp³-hybridized carbons (Fsp3) is 0.250. The first kappa shape index (κ1) is 20.1. The fourth-order valence-electron chi connectivity index (χ4n) is 3.86. The molecular weight excluding hydrogens is 400 g/mol. The minimum atomic E-state index is 0.517. The van der Waals surface area contributed by atoms with E-state index in [0.717, 1.165) is 65.3 Å². The first-order valence-corrected chi connectivity index (χ1v) is 10.7. The van der Waals surface area contributed by atoms with Crippen molar-refractivity contribution in [2.45, 2.75) is 0 Å². The molecule has 0 saturated carbocycles. The van der Waals surface area contributed by atoms with Gasteiger partial charge in [-0.05, 0) is 30.8 Å². The van der Waals surface area contributed by atoms with Crippen molar-refractivity contribution < 1.29 is 0 Å². The summed E-state index contributed by atoms with van der Waals surface area (Å²) in [5.74, 6) is 1.49. The van der Waals surface area contributed by atoms with Crippen LogP contribution in [0.4, 0.5) is 11.8 Å². The van der Waals surface area contributed by atoms with Crippen LogP contribution in [-0.4, -0.2) is 62.9 Å². The van der Waals surface area contributed by atoms with Crippen LogP contribution in [0.1, 0.15) is 5.56 Å². The molecule has 1 aliphatic rings. The average Bonchev–Trinajstić information content (AvgIpc) is 3.25. The van der Waals surface area contributed by atoms with Gasteiger partial charge in [0.05, 0.1) is 11.7 Å². The maximum atomic E-state index is 4.71. The highest BCUT2D eigenvalue weighted by Crippen LogP contribution is 2.25. The molecule has 4 aromatic rings. The van der Waals surface area contributed by atoms with Crippen molar-refractivity contribution in [3.05, 3.63) is 67.3 Å². The zero-order chi connectivity index (χ0) is 22.1. The van der Waals surface area contributed by atoms with Crippen molar-refractivity contribution in [2.75, 3.05) is 43.4 Å². The van der Waals surface area contributed by atoms with Crippen LogP contribution in [0.5, 0.6) is 0 Å². The molecule has 8 nitrogen and oxygen atoms in total. The summed E-state index contributed by atoms with van der Waals surface area (Å²) in [5.41, 5.74) is 4.71. The molecule has 8 heteroatoms. The van der Waals surface area contributed by atoms with E-state index in [0.29, 0.717) is 5.95 Å². The lowest BCUT2D eigenvalue weighted by Crippen LogP contribution is -2.44. The Morgan fingerprint density at radius 3 is 2.59 bits per heavy atom. The second-order valence-corrected chi connectivity index (χ2v) is 8.17. The highest BCUT2D eigenvalue weighted by molar-refractivity contribution is 5.85. The predicted octanol–water partition coefficient (Wildman–Crippen LogP) is 3.26. The zero-order valence-electron chi connectivity index (χ0n) is 18.4. The highest BCUT2D eigenvalue weighted by Gasteiger charge is 2.16. The van der Waals surface area contributed by atoms with Gasteiger partial charge in [0, 0.05) is 74.0 Å². The maximum Gasteiger partial charge on any atom is 0.227 e. The topological polar surface area (TPSA) is 75.0 Å². The third-order valence-electron chi connectivity index (χ3n) is 5.80. The van der Waals surface area contributed by atoms with E-state index in [2.05, 4.69) is 62.0 Å². The van der Waals surface area contributed by atoms with Crippen molar-refractivity contribution in [1.82, 2.24) is 29.6 Å². The second kappa shape index (κ2) is 8.39. The number of aromatic nitrogens is 5. The molecule has 3 aromatic heterocycles. The van der Waals surface area contributed by atoms with E-state index in [1.54, 1.807) is 4.68 Å². The quantitative estimate of drug-likeness (QED) is 0.525. The van der Waals surface area contributed by atoms with Gasteiger partial charge in [-0.25, -0.2) is 15.0 Å². The lowest BCUT2D eigenvalue weighted by Gasteiger charge is -2.33. The smallest absolute Gasteiger partial charge is 0.227 e. The Hall–Kier alpha value is -3.78. The number of benzene rings is 1. The summed E-state index contributed by atoms with van der Waals surface area (Å²) >= 11 is 0. The van der Waals surface area contributed by atoms with Crippen LogP contribution in [-0.2, 0) is 7.05 Å². The molecule has 0 unspecified atom stereocenters. The van der Waals surface area contributed by atoms with Crippen LogP contribution in [0.2, 0.25) is 0 Å². The van der Waals surface area contributed by atoms with Gasteiger partial charge in [0.25, 0.3) is 0 Å². The van der Waals surface area contributed by atoms with Crippen molar-refractivity contribution in [2.24, 2.45) is 7.05 Å². The summed E-state index contributed by atoms with van der Waals surface area (Å²) < 4.78 is 1.79. The van der Waals surface area contributed by atoms with Crippen molar-refractivity contribution in [1.29, 1.82) is 0 Å². The Labute approximate surface area is 187 Å². The molecule has 1 aromatic carbocycles. The van der Waals surface area contributed by atoms with E-state index in [4.69, 9.17) is 4.98 Å². The molecule has 0 atom stereocenters. The lowest BCUT2D eigenvalue weighted by molar-refractivity contribution is 0.312. The summed E-state index contributed by atoms with van der Waals surface area (Å²) in [6.07, 6.45) is 7.50. The van der Waals surface area contributed by atoms with E-state index < -0.39 is 0 Å². The van der Waals surface area contributed by atoms with Crippen molar-refractivity contribution >= 4 is 28.4 Å². The Bertz CT molecular complexity index is 1270. The number of hydrogen-bond donors (Lipinski definition) is 1. The summed E-state index contributed by atoms with van der Waals surface area (Å²) in [5, 5.41) is 8.50. The van der Waals surface area contributed by atoms with Gasteiger partial charge in [0.2, 0.25) is 5.95 Å². The molecule has 162 valence electrons. The fourth-order valence-corrected chi connectivity index (χ4v) is 3.86. The number of aryl methyl sites for hydroxylation is 1. The standard InChI is InChI=1S/C24H26N8/c1-17(18-6-7-25-23(13-18)32-10-8-30(2)9-11-32)28-24-26-14-20-5-4-19(12-22(20)29-24)21-15-27-31(3)16-21/h4-7,12-16H,1,8-11H2,2-3H3,(H,26,28,29). The van der Waals surface area contributed by atoms with Gasteiger partial charge in [-0.15, -0.1) is 0 Å². The normalized spacial score (nSPS) is 14.6. The first-order valence-electron chi connectivity index (χ1n) is 10.7. The SMILES string of the molecule is C=C(Nc1ncc2ccc(-c3cnn(C)c3)cc2n1)c1ccnc(N2CCN(C)CC2)c1. The third-order valence-corrected chi connectivity index (χ3v) is 5.80.